The molecule has 0 radical (unpaired) electrons. The van der Waals surface area contributed by atoms with Crippen LogP contribution in [0, 0.1) is 5.41 Å². The van der Waals surface area contributed by atoms with Gasteiger partial charge in [-0.1, -0.05) is 19.1 Å². The number of benzene rings is 1. The molecule has 0 N–H and O–H groups in total. The Labute approximate surface area is 182 Å². The molecule has 1 aliphatic heterocycles. The van der Waals surface area contributed by atoms with Crippen LogP contribution in [0.5, 0.6) is 5.75 Å². The molecular weight excluding hydrogens is 422 g/mol. The van der Waals surface area contributed by atoms with E-state index in [0.29, 0.717) is 43.2 Å². The van der Waals surface area contributed by atoms with Crippen molar-refractivity contribution in [2.24, 2.45) is 5.41 Å². The van der Waals surface area contributed by atoms with Crippen molar-refractivity contribution in [3.8, 4) is 5.75 Å². The lowest BCUT2D eigenvalue weighted by Gasteiger charge is -2.39. The van der Waals surface area contributed by atoms with Crippen molar-refractivity contribution in [2.45, 2.75) is 43.7 Å². The van der Waals surface area contributed by atoms with E-state index in [2.05, 4.69) is 0 Å². The predicted molar refractivity (Wildman–Crippen MR) is 117 cm³/mol. The molecule has 1 saturated heterocycles. The molecule has 0 aliphatic carbocycles. The fraction of sp³-hybridized carbons (Fsp3) is 0.500. The third-order valence-electron chi connectivity index (χ3n) is 5.67. The number of sulfonamides is 1. The summed E-state index contributed by atoms with van der Waals surface area (Å²) in [5.41, 5.74) is 0.284. The van der Waals surface area contributed by atoms with Gasteiger partial charge in [0.15, 0.2) is 0 Å². The average Bonchev–Trinajstić information content (AvgIpc) is 3.25. The minimum absolute atomic E-state index is 0.248. The van der Waals surface area contributed by atoms with Crippen molar-refractivity contribution in [2.75, 3.05) is 26.8 Å². The minimum Gasteiger partial charge on any atom is -0.497 e. The zero-order chi connectivity index (χ0) is 21.8. The lowest BCUT2D eigenvalue weighted by molar-refractivity contribution is -0.158. The van der Waals surface area contributed by atoms with Crippen LogP contribution in [0.25, 0.3) is 0 Å². The van der Waals surface area contributed by atoms with Gasteiger partial charge in [-0.15, -0.1) is 11.3 Å². The van der Waals surface area contributed by atoms with E-state index in [1.54, 1.807) is 20.1 Å². The summed E-state index contributed by atoms with van der Waals surface area (Å²) in [5, 5.41) is 0. The molecule has 1 aliphatic rings. The Kier molecular flexibility index (Phi) is 7.21. The van der Waals surface area contributed by atoms with E-state index < -0.39 is 15.4 Å². The van der Waals surface area contributed by atoms with Crippen LogP contribution >= 0.6 is 11.3 Å². The molecule has 8 heteroatoms. The van der Waals surface area contributed by atoms with Crippen molar-refractivity contribution in [3.05, 3.63) is 46.8 Å². The second kappa shape index (κ2) is 9.49. The van der Waals surface area contributed by atoms with E-state index in [9.17, 15) is 13.2 Å². The van der Waals surface area contributed by atoms with E-state index in [4.69, 9.17) is 9.47 Å². The first-order valence-corrected chi connectivity index (χ1v) is 12.5. The number of hydrogen-bond acceptors (Lipinski definition) is 6. The summed E-state index contributed by atoms with van der Waals surface area (Å²) >= 11 is 1.32. The predicted octanol–water partition coefficient (Wildman–Crippen LogP) is 3.90. The number of methoxy groups -OCH3 is 1. The Bertz CT molecular complexity index is 958. The van der Waals surface area contributed by atoms with E-state index in [0.717, 1.165) is 22.6 Å². The van der Waals surface area contributed by atoms with Crippen molar-refractivity contribution < 1.29 is 22.7 Å². The number of carbonyl (C=O) groups excluding carboxylic acids is 1. The molecule has 30 heavy (non-hydrogen) atoms. The van der Waals surface area contributed by atoms with Crippen molar-refractivity contribution in [1.29, 1.82) is 0 Å². The summed E-state index contributed by atoms with van der Waals surface area (Å²) in [4.78, 5) is 14.0. The smallest absolute Gasteiger partial charge is 0.312 e. The molecule has 0 unspecified atom stereocenters. The van der Waals surface area contributed by atoms with Crippen LogP contribution in [0.3, 0.4) is 0 Å². The van der Waals surface area contributed by atoms with Gasteiger partial charge in [0.2, 0.25) is 0 Å². The first-order valence-electron chi connectivity index (χ1n) is 10.2. The molecule has 0 atom stereocenters. The van der Waals surface area contributed by atoms with Crippen LogP contribution in [0.2, 0.25) is 0 Å². The number of piperidine rings is 1. The molecular formula is C22H29NO5S2. The first-order chi connectivity index (χ1) is 14.3. The maximum atomic E-state index is 13.1. The van der Waals surface area contributed by atoms with Crippen LogP contribution in [-0.4, -0.2) is 45.5 Å². The highest BCUT2D eigenvalue weighted by Crippen LogP contribution is 2.39. The maximum absolute atomic E-state index is 13.1. The highest BCUT2D eigenvalue weighted by Gasteiger charge is 2.45. The molecule has 0 spiro atoms. The van der Waals surface area contributed by atoms with Gasteiger partial charge in [-0.2, -0.15) is 4.31 Å². The normalized spacial score (nSPS) is 16.9. The lowest BCUT2D eigenvalue weighted by Crippen LogP contribution is -2.48. The van der Waals surface area contributed by atoms with E-state index >= 15 is 0 Å². The van der Waals surface area contributed by atoms with Gasteiger partial charge in [-0.25, -0.2) is 8.42 Å². The van der Waals surface area contributed by atoms with Gasteiger partial charge in [0, 0.05) is 18.0 Å². The number of nitrogens with zero attached hydrogens (tertiary/aromatic N) is 1. The quantitative estimate of drug-likeness (QED) is 0.569. The Morgan fingerprint density at radius 1 is 1.10 bits per heavy atom. The Hall–Kier alpha value is -1.90. The molecule has 1 fully saturated rings. The van der Waals surface area contributed by atoms with Gasteiger partial charge < -0.3 is 9.47 Å². The Balaban J connectivity index is 1.79. The van der Waals surface area contributed by atoms with E-state index in [-0.39, 0.29) is 5.97 Å². The highest BCUT2D eigenvalue weighted by atomic mass is 32.2. The van der Waals surface area contributed by atoms with Gasteiger partial charge in [-0.3, -0.25) is 4.79 Å². The van der Waals surface area contributed by atoms with E-state index in [1.165, 1.54) is 15.6 Å². The number of carbonyl (C=O) groups is 1. The standard InChI is InChI=1S/C22H29NO5S2/c1-4-19-10-11-20(29-19)30(25,26)23-14-12-22(13-15-23,21(24)28-5-2)16-17-6-8-18(27-3)9-7-17/h6-11H,4-5,12-16H2,1-3H3. The molecule has 3 rings (SSSR count). The summed E-state index contributed by atoms with van der Waals surface area (Å²) in [5.74, 6) is 0.509. The molecule has 0 amide bonds. The second-order valence-electron chi connectivity index (χ2n) is 7.50. The van der Waals surface area contributed by atoms with Crippen LogP contribution in [-0.2, 0) is 32.4 Å². The van der Waals surface area contributed by atoms with Gasteiger partial charge in [0.1, 0.15) is 9.96 Å². The third-order valence-corrected chi connectivity index (χ3v) is 9.26. The van der Waals surface area contributed by atoms with Gasteiger partial charge in [-0.05, 0) is 62.4 Å². The second-order valence-corrected chi connectivity index (χ2v) is 10.8. The molecule has 2 heterocycles. The average molecular weight is 452 g/mol. The number of thiophene rings is 1. The summed E-state index contributed by atoms with van der Waals surface area (Å²) in [7, 11) is -1.92. The van der Waals surface area contributed by atoms with Crippen LogP contribution < -0.4 is 4.74 Å². The van der Waals surface area contributed by atoms with Crippen LogP contribution in [0.1, 0.15) is 37.1 Å². The maximum Gasteiger partial charge on any atom is 0.312 e. The molecule has 2 aromatic rings. The number of hydrogen-bond donors (Lipinski definition) is 0. The van der Waals surface area contributed by atoms with Gasteiger partial charge in [0.25, 0.3) is 10.0 Å². The largest absolute Gasteiger partial charge is 0.497 e. The van der Waals surface area contributed by atoms with E-state index in [1.807, 2.05) is 37.3 Å². The lowest BCUT2D eigenvalue weighted by atomic mass is 9.74. The molecule has 1 aromatic carbocycles. The molecule has 164 valence electrons. The van der Waals surface area contributed by atoms with Crippen LogP contribution in [0.15, 0.2) is 40.6 Å². The number of esters is 1. The fourth-order valence-electron chi connectivity index (χ4n) is 3.84. The molecule has 6 nitrogen and oxygen atoms in total. The molecule has 1 aromatic heterocycles. The Morgan fingerprint density at radius 3 is 2.30 bits per heavy atom. The van der Waals surface area contributed by atoms with Crippen LogP contribution in [0.4, 0.5) is 0 Å². The first kappa shape index (κ1) is 22.8. The third kappa shape index (κ3) is 4.71. The Morgan fingerprint density at radius 2 is 1.77 bits per heavy atom. The van der Waals surface area contributed by atoms with Gasteiger partial charge >= 0.3 is 5.97 Å². The number of aryl methyl sites for hydroxylation is 1. The minimum atomic E-state index is -3.54. The van der Waals surface area contributed by atoms with Crippen molar-refractivity contribution >= 4 is 27.3 Å². The summed E-state index contributed by atoms with van der Waals surface area (Å²) in [6.45, 7) is 4.71. The van der Waals surface area contributed by atoms with Crippen molar-refractivity contribution in [1.82, 2.24) is 4.31 Å². The van der Waals surface area contributed by atoms with Crippen molar-refractivity contribution in [3.63, 3.8) is 0 Å². The zero-order valence-electron chi connectivity index (χ0n) is 17.7. The topological polar surface area (TPSA) is 72.9 Å². The highest BCUT2D eigenvalue weighted by molar-refractivity contribution is 7.91. The fourth-order valence-corrected chi connectivity index (χ4v) is 6.73. The van der Waals surface area contributed by atoms with Gasteiger partial charge in [0.05, 0.1) is 19.1 Å². The monoisotopic (exact) mass is 451 g/mol. The molecule has 0 bridgehead atoms. The zero-order valence-corrected chi connectivity index (χ0v) is 19.4. The summed E-state index contributed by atoms with van der Waals surface area (Å²) in [6.07, 6.45) is 2.20. The summed E-state index contributed by atoms with van der Waals surface area (Å²) < 4.78 is 38.6. The molecule has 0 saturated carbocycles. The number of rotatable bonds is 8. The summed E-state index contributed by atoms with van der Waals surface area (Å²) in [6, 6.07) is 11.2. The SMILES string of the molecule is CCOC(=O)C1(Cc2ccc(OC)cc2)CCN(S(=O)(=O)c2ccc(CC)s2)CC1. The number of ether oxygens (including phenoxy) is 2.